The predicted molar refractivity (Wildman–Crippen MR) is 76.1 cm³/mol. The number of unbranched alkanes of at least 4 members (excludes halogenated alkanes) is 3. The van der Waals surface area contributed by atoms with Crippen molar-refractivity contribution in [3.8, 4) is 5.88 Å². The number of aromatic nitrogens is 1. The molecule has 3 nitrogen and oxygen atoms in total. The highest BCUT2D eigenvalue weighted by Gasteiger charge is 1.96. The smallest absolute Gasteiger partial charge is 0.214 e. The maximum atomic E-state index is 5.07. The summed E-state index contributed by atoms with van der Waals surface area (Å²) in [6, 6.07) is 3.89. The van der Waals surface area contributed by atoms with Crippen molar-refractivity contribution >= 4 is 17.4 Å². The van der Waals surface area contributed by atoms with Crippen molar-refractivity contribution in [2.75, 3.05) is 31.0 Å². The van der Waals surface area contributed by atoms with Gasteiger partial charge < -0.3 is 10.1 Å². The first-order valence-corrected chi connectivity index (χ1v) is 7.49. The molecule has 96 valence electrons. The Kier molecular flexibility index (Phi) is 7.63. The molecular weight excluding hydrogens is 232 g/mol. The van der Waals surface area contributed by atoms with Crippen molar-refractivity contribution in [2.24, 2.45) is 0 Å². The third-order valence-corrected chi connectivity index (χ3v) is 3.25. The molecule has 0 aliphatic heterocycles. The van der Waals surface area contributed by atoms with Gasteiger partial charge in [0, 0.05) is 24.5 Å². The number of methoxy groups -OCH3 is 1. The molecule has 0 unspecified atom stereocenters. The zero-order valence-corrected chi connectivity index (χ0v) is 11.6. The van der Waals surface area contributed by atoms with E-state index in [-0.39, 0.29) is 0 Å². The van der Waals surface area contributed by atoms with Gasteiger partial charge in [0.1, 0.15) is 0 Å². The molecule has 1 aromatic rings. The highest BCUT2D eigenvalue weighted by Crippen LogP contribution is 2.13. The molecule has 0 saturated heterocycles. The first-order chi connectivity index (χ1) is 8.36. The lowest BCUT2D eigenvalue weighted by atomic mass is 10.2. The van der Waals surface area contributed by atoms with Gasteiger partial charge in [0.2, 0.25) is 5.88 Å². The summed E-state index contributed by atoms with van der Waals surface area (Å²) < 4.78 is 5.07. The molecule has 0 aliphatic carbocycles. The van der Waals surface area contributed by atoms with Crippen LogP contribution in [0.3, 0.4) is 0 Å². The highest BCUT2D eigenvalue weighted by atomic mass is 32.2. The zero-order chi connectivity index (χ0) is 12.3. The lowest BCUT2D eigenvalue weighted by Gasteiger charge is -2.07. The van der Waals surface area contributed by atoms with E-state index in [0.29, 0.717) is 5.88 Å². The Balaban J connectivity index is 2.09. The Bertz CT molecular complexity index is 307. The molecular formula is C13H22N2OS. The van der Waals surface area contributed by atoms with Gasteiger partial charge in [-0.3, -0.25) is 0 Å². The van der Waals surface area contributed by atoms with Crippen molar-refractivity contribution < 1.29 is 4.74 Å². The molecule has 0 bridgehead atoms. The molecule has 0 saturated carbocycles. The standard InChI is InChI=1S/C13H22N2OS/c1-16-13-11-12(7-9-15-13)14-8-5-3-4-6-10-17-2/h7,9,11H,3-6,8,10H2,1-2H3,(H,14,15). The van der Waals surface area contributed by atoms with Gasteiger partial charge in [-0.25, -0.2) is 4.98 Å². The van der Waals surface area contributed by atoms with E-state index < -0.39 is 0 Å². The Morgan fingerprint density at radius 2 is 2.12 bits per heavy atom. The molecule has 0 spiro atoms. The van der Waals surface area contributed by atoms with E-state index >= 15 is 0 Å². The Hall–Kier alpha value is -0.900. The van der Waals surface area contributed by atoms with Gasteiger partial charge in [0.15, 0.2) is 0 Å². The van der Waals surface area contributed by atoms with Gasteiger partial charge in [-0.05, 0) is 30.9 Å². The predicted octanol–water partition coefficient (Wildman–Crippen LogP) is 3.43. The molecule has 4 heteroatoms. The van der Waals surface area contributed by atoms with E-state index in [0.717, 1.165) is 12.2 Å². The van der Waals surface area contributed by atoms with Crippen molar-refractivity contribution in [1.82, 2.24) is 4.98 Å². The Morgan fingerprint density at radius 3 is 2.88 bits per heavy atom. The number of rotatable bonds is 9. The van der Waals surface area contributed by atoms with Crippen LogP contribution in [-0.2, 0) is 0 Å². The number of nitrogens with one attached hydrogen (secondary N) is 1. The number of ether oxygens (including phenoxy) is 1. The van der Waals surface area contributed by atoms with Gasteiger partial charge in [-0.1, -0.05) is 12.8 Å². The molecule has 1 N–H and O–H groups in total. The summed E-state index contributed by atoms with van der Waals surface area (Å²) in [5, 5.41) is 3.39. The second-order valence-electron chi connectivity index (χ2n) is 3.92. The van der Waals surface area contributed by atoms with E-state index in [9.17, 15) is 0 Å². The average molecular weight is 254 g/mol. The third kappa shape index (κ3) is 6.41. The molecule has 0 amide bonds. The van der Waals surface area contributed by atoms with Gasteiger partial charge in [0.25, 0.3) is 0 Å². The lowest BCUT2D eigenvalue weighted by Crippen LogP contribution is -2.02. The van der Waals surface area contributed by atoms with Crippen molar-refractivity contribution in [2.45, 2.75) is 25.7 Å². The summed E-state index contributed by atoms with van der Waals surface area (Å²) in [5.41, 5.74) is 1.08. The third-order valence-electron chi connectivity index (χ3n) is 2.55. The molecule has 0 aliphatic rings. The Morgan fingerprint density at radius 1 is 1.29 bits per heavy atom. The molecule has 0 aromatic carbocycles. The number of anilines is 1. The zero-order valence-electron chi connectivity index (χ0n) is 10.7. The number of hydrogen-bond donors (Lipinski definition) is 1. The monoisotopic (exact) mass is 254 g/mol. The Labute approximate surface area is 108 Å². The van der Waals surface area contributed by atoms with Crippen LogP contribution in [0.4, 0.5) is 5.69 Å². The van der Waals surface area contributed by atoms with Crippen molar-refractivity contribution in [1.29, 1.82) is 0 Å². The first-order valence-electron chi connectivity index (χ1n) is 6.09. The van der Waals surface area contributed by atoms with E-state index in [2.05, 4.69) is 16.6 Å². The summed E-state index contributed by atoms with van der Waals surface area (Å²) in [7, 11) is 1.64. The van der Waals surface area contributed by atoms with E-state index in [4.69, 9.17) is 4.74 Å². The van der Waals surface area contributed by atoms with Crippen molar-refractivity contribution in [3.05, 3.63) is 18.3 Å². The minimum Gasteiger partial charge on any atom is -0.481 e. The largest absolute Gasteiger partial charge is 0.481 e. The number of nitrogens with zero attached hydrogens (tertiary/aromatic N) is 1. The lowest BCUT2D eigenvalue weighted by molar-refractivity contribution is 0.398. The average Bonchev–Trinajstić information content (AvgIpc) is 2.38. The fourth-order valence-corrected chi connectivity index (χ4v) is 2.08. The molecule has 0 radical (unpaired) electrons. The summed E-state index contributed by atoms with van der Waals surface area (Å²) in [4.78, 5) is 4.07. The quantitative estimate of drug-likeness (QED) is 0.685. The molecule has 0 atom stereocenters. The topological polar surface area (TPSA) is 34.1 Å². The van der Waals surface area contributed by atoms with Crippen LogP contribution in [0.1, 0.15) is 25.7 Å². The second-order valence-corrected chi connectivity index (χ2v) is 4.91. The molecule has 17 heavy (non-hydrogen) atoms. The van der Waals surface area contributed by atoms with Gasteiger partial charge in [0.05, 0.1) is 7.11 Å². The maximum absolute atomic E-state index is 5.07. The minimum atomic E-state index is 0.662. The van der Waals surface area contributed by atoms with Crippen LogP contribution in [-0.4, -0.2) is 30.6 Å². The van der Waals surface area contributed by atoms with Crippen LogP contribution in [0.15, 0.2) is 18.3 Å². The molecule has 0 fully saturated rings. The van der Waals surface area contributed by atoms with E-state index in [1.807, 2.05) is 23.9 Å². The van der Waals surface area contributed by atoms with Crippen molar-refractivity contribution in [3.63, 3.8) is 0 Å². The van der Waals surface area contributed by atoms with Crippen LogP contribution in [0.25, 0.3) is 0 Å². The normalized spacial score (nSPS) is 10.2. The second kappa shape index (κ2) is 9.16. The SMILES string of the molecule is COc1cc(NCCCCCCSC)ccn1. The fourth-order valence-electron chi connectivity index (χ4n) is 1.59. The molecule has 1 rings (SSSR count). The number of hydrogen-bond acceptors (Lipinski definition) is 4. The molecule has 1 heterocycles. The summed E-state index contributed by atoms with van der Waals surface area (Å²) in [6.45, 7) is 1.02. The van der Waals surface area contributed by atoms with Gasteiger partial charge >= 0.3 is 0 Å². The van der Waals surface area contributed by atoms with Crippen LogP contribution < -0.4 is 10.1 Å². The minimum absolute atomic E-state index is 0.662. The summed E-state index contributed by atoms with van der Waals surface area (Å²) >= 11 is 1.93. The summed E-state index contributed by atoms with van der Waals surface area (Å²) in [6.07, 6.45) is 9.12. The highest BCUT2D eigenvalue weighted by molar-refractivity contribution is 7.98. The van der Waals surface area contributed by atoms with Crippen LogP contribution >= 0.6 is 11.8 Å². The van der Waals surface area contributed by atoms with Gasteiger partial charge in [-0.15, -0.1) is 0 Å². The van der Waals surface area contributed by atoms with Crippen LogP contribution in [0, 0.1) is 0 Å². The summed E-state index contributed by atoms with van der Waals surface area (Å²) in [5.74, 6) is 1.95. The number of thioether (sulfide) groups is 1. The van der Waals surface area contributed by atoms with E-state index in [1.165, 1.54) is 31.4 Å². The first kappa shape index (κ1) is 14.2. The van der Waals surface area contributed by atoms with E-state index in [1.54, 1.807) is 13.3 Å². The maximum Gasteiger partial charge on any atom is 0.214 e. The van der Waals surface area contributed by atoms with Crippen LogP contribution in [0.5, 0.6) is 5.88 Å². The fraction of sp³-hybridized carbons (Fsp3) is 0.615. The van der Waals surface area contributed by atoms with Crippen LogP contribution in [0.2, 0.25) is 0 Å². The number of pyridine rings is 1. The molecule has 1 aromatic heterocycles. The van der Waals surface area contributed by atoms with Gasteiger partial charge in [-0.2, -0.15) is 11.8 Å².